The molecule has 0 aliphatic heterocycles. The maximum Gasteiger partial charge on any atom is 0.0715 e. The van der Waals surface area contributed by atoms with Crippen molar-refractivity contribution >= 4 is 68.2 Å². The van der Waals surface area contributed by atoms with Gasteiger partial charge in [0.25, 0.3) is 0 Å². The first-order valence-corrected chi connectivity index (χ1v) is 26.3. The van der Waals surface area contributed by atoms with Crippen molar-refractivity contribution in [2.75, 3.05) is 19.6 Å². The summed E-state index contributed by atoms with van der Waals surface area (Å²) in [7, 11) is 0. The van der Waals surface area contributed by atoms with E-state index in [9.17, 15) is 0 Å². The van der Waals surface area contributed by atoms with Crippen LogP contribution in [-0.2, 0) is 5.41 Å². The van der Waals surface area contributed by atoms with E-state index < -0.39 is 5.41 Å². The van der Waals surface area contributed by atoms with Crippen molar-refractivity contribution in [2.45, 2.75) is 5.41 Å². The van der Waals surface area contributed by atoms with E-state index in [-0.39, 0.29) is 0 Å². The van der Waals surface area contributed by atoms with Gasteiger partial charge >= 0.3 is 0 Å². The lowest BCUT2D eigenvalue weighted by atomic mass is 9.67. The molecule has 0 bridgehead atoms. The van der Waals surface area contributed by atoms with Crippen LogP contribution in [0.15, 0.2) is 328 Å². The quantitative estimate of drug-likeness (QED) is 0.108. The van der Waals surface area contributed by atoms with Crippen LogP contribution < -0.4 is 19.6 Å². The lowest BCUT2D eigenvalue weighted by Gasteiger charge is -2.36. The van der Waals surface area contributed by atoms with E-state index in [0.717, 1.165) is 79.4 Å². The summed E-state index contributed by atoms with van der Waals surface area (Å²) in [6, 6.07) is 119. The predicted molar refractivity (Wildman–Crippen MR) is 322 cm³/mol. The number of nitrogens with zero attached hydrogens (tertiary/aromatic N) is 4. The minimum absolute atomic E-state index is 0.819. The van der Waals surface area contributed by atoms with E-state index in [1.165, 1.54) is 22.3 Å². The maximum absolute atomic E-state index is 2.46. The van der Waals surface area contributed by atoms with Gasteiger partial charge < -0.3 is 19.6 Å². The first-order chi connectivity index (χ1) is 38.2. The molecule has 4 heteroatoms. The molecule has 0 spiro atoms. The summed E-state index contributed by atoms with van der Waals surface area (Å²) >= 11 is 0. The number of benzene rings is 12. The van der Waals surface area contributed by atoms with E-state index in [2.05, 4.69) is 347 Å². The molecule has 0 amide bonds. The second kappa shape index (κ2) is 20.6. The Morgan fingerprint density at radius 3 is 0.571 bits per heavy atom. The first-order valence-electron chi connectivity index (χ1n) is 26.3. The fourth-order valence-corrected chi connectivity index (χ4v) is 11.5. The largest absolute Gasteiger partial charge is 0.311 e. The average Bonchev–Trinajstić information content (AvgIpc) is 4.04. The van der Waals surface area contributed by atoms with Gasteiger partial charge in [0.15, 0.2) is 0 Å². The molecule has 1 aliphatic carbocycles. The fourth-order valence-electron chi connectivity index (χ4n) is 11.5. The molecule has 366 valence electrons. The minimum atomic E-state index is -0.819. The van der Waals surface area contributed by atoms with Crippen LogP contribution in [-0.4, -0.2) is 0 Å². The molecule has 4 nitrogen and oxygen atoms in total. The zero-order valence-corrected chi connectivity index (χ0v) is 42.5. The third-order valence-corrected chi connectivity index (χ3v) is 14.9. The van der Waals surface area contributed by atoms with Crippen LogP contribution >= 0.6 is 0 Å². The van der Waals surface area contributed by atoms with Crippen LogP contribution in [0, 0.1) is 0 Å². The molecule has 0 unspecified atom stereocenters. The van der Waals surface area contributed by atoms with Crippen molar-refractivity contribution in [3.63, 3.8) is 0 Å². The van der Waals surface area contributed by atoms with E-state index in [1.807, 2.05) is 0 Å². The van der Waals surface area contributed by atoms with Crippen molar-refractivity contribution in [2.24, 2.45) is 0 Å². The SMILES string of the molecule is c1ccc(N(c2ccccc2)c2ccc(C3(c4ccc(N(c5ccccc5)c5ccccc5)cc4)c4cc(N(c5ccccc5)c5ccccc5)ccc4-c4ccc(N(c5ccccc5)c5ccccc5)cc43)cc2)cc1. The van der Waals surface area contributed by atoms with Crippen molar-refractivity contribution in [1.82, 2.24) is 0 Å². The van der Waals surface area contributed by atoms with Gasteiger partial charge in [-0.15, -0.1) is 0 Å². The number of para-hydroxylation sites is 8. The number of hydrogen-bond donors (Lipinski definition) is 0. The topological polar surface area (TPSA) is 13.0 Å². The van der Waals surface area contributed by atoms with Gasteiger partial charge in [-0.2, -0.15) is 0 Å². The number of rotatable bonds is 14. The van der Waals surface area contributed by atoms with E-state index in [1.54, 1.807) is 0 Å². The van der Waals surface area contributed by atoms with E-state index in [0.29, 0.717) is 0 Å². The molecular formula is C73H54N4. The molecule has 0 heterocycles. The molecule has 0 aromatic heterocycles. The number of fused-ring (bicyclic) bond motifs is 3. The average molecular weight is 987 g/mol. The zero-order valence-electron chi connectivity index (χ0n) is 42.5. The van der Waals surface area contributed by atoms with Crippen molar-refractivity contribution in [3.8, 4) is 11.1 Å². The molecule has 1 aliphatic rings. The Morgan fingerprint density at radius 1 is 0.169 bits per heavy atom. The number of hydrogen-bond acceptors (Lipinski definition) is 4. The number of anilines is 12. The van der Waals surface area contributed by atoms with Gasteiger partial charge in [0.05, 0.1) is 5.41 Å². The van der Waals surface area contributed by atoms with Crippen LogP contribution in [0.4, 0.5) is 68.2 Å². The highest BCUT2D eigenvalue weighted by atomic mass is 15.2. The molecule has 0 N–H and O–H groups in total. The Hall–Kier alpha value is -10.2. The molecule has 13 rings (SSSR count). The van der Waals surface area contributed by atoms with Crippen LogP contribution in [0.2, 0.25) is 0 Å². The molecule has 0 saturated heterocycles. The normalized spacial score (nSPS) is 12.0. The van der Waals surface area contributed by atoms with Crippen LogP contribution in [0.5, 0.6) is 0 Å². The van der Waals surface area contributed by atoms with Crippen LogP contribution in [0.1, 0.15) is 22.3 Å². The summed E-state index contributed by atoms with van der Waals surface area (Å²) in [5.41, 5.74) is 19.3. The Kier molecular flexibility index (Phi) is 12.5. The molecule has 12 aromatic rings. The lowest BCUT2D eigenvalue weighted by molar-refractivity contribution is 0.768. The summed E-state index contributed by atoms with van der Waals surface area (Å²) in [6.07, 6.45) is 0. The molecular weight excluding hydrogens is 933 g/mol. The van der Waals surface area contributed by atoms with Crippen molar-refractivity contribution in [1.29, 1.82) is 0 Å². The Bertz CT molecular complexity index is 3460. The second-order valence-corrected chi connectivity index (χ2v) is 19.3. The summed E-state index contributed by atoms with van der Waals surface area (Å²) in [6.45, 7) is 0. The second-order valence-electron chi connectivity index (χ2n) is 19.3. The van der Waals surface area contributed by atoms with Gasteiger partial charge in [-0.05, 0) is 179 Å². The third-order valence-electron chi connectivity index (χ3n) is 14.9. The molecule has 0 fully saturated rings. The highest BCUT2D eigenvalue weighted by Crippen LogP contribution is 2.59. The lowest BCUT2D eigenvalue weighted by Crippen LogP contribution is -2.29. The zero-order chi connectivity index (χ0) is 51.4. The Morgan fingerprint density at radius 2 is 0.351 bits per heavy atom. The highest BCUT2D eigenvalue weighted by Gasteiger charge is 2.47. The molecule has 12 aromatic carbocycles. The molecule has 77 heavy (non-hydrogen) atoms. The Balaban J connectivity index is 1.09. The van der Waals surface area contributed by atoms with Crippen LogP contribution in [0.25, 0.3) is 11.1 Å². The Labute approximate surface area is 451 Å². The van der Waals surface area contributed by atoms with Gasteiger partial charge in [0.1, 0.15) is 0 Å². The van der Waals surface area contributed by atoms with Gasteiger partial charge in [-0.3, -0.25) is 0 Å². The van der Waals surface area contributed by atoms with Gasteiger partial charge in [-0.1, -0.05) is 182 Å². The van der Waals surface area contributed by atoms with E-state index in [4.69, 9.17) is 0 Å². The first kappa shape index (κ1) is 46.6. The van der Waals surface area contributed by atoms with Crippen LogP contribution in [0.3, 0.4) is 0 Å². The van der Waals surface area contributed by atoms with Gasteiger partial charge in [0.2, 0.25) is 0 Å². The maximum atomic E-state index is 2.46. The molecule has 0 radical (unpaired) electrons. The van der Waals surface area contributed by atoms with Crippen molar-refractivity contribution in [3.05, 3.63) is 350 Å². The monoisotopic (exact) mass is 986 g/mol. The summed E-state index contributed by atoms with van der Waals surface area (Å²) in [5, 5.41) is 0. The summed E-state index contributed by atoms with van der Waals surface area (Å²) in [5.74, 6) is 0. The third kappa shape index (κ3) is 8.68. The summed E-state index contributed by atoms with van der Waals surface area (Å²) in [4.78, 5) is 9.45. The van der Waals surface area contributed by atoms with Crippen molar-refractivity contribution < 1.29 is 0 Å². The molecule has 0 atom stereocenters. The predicted octanol–water partition coefficient (Wildman–Crippen LogP) is 19.9. The standard InChI is InChI=1S/C73H54N4/c1-9-25-57(26-10-1)74(58-27-11-2-12-28-58)65-45-41-55(42-46-65)73(56-43-47-66(48-44-56)75(59-29-13-3-14-30-59)60-31-15-4-16-32-60)71-53-67(76(61-33-17-5-18-34-61)62-35-19-6-20-36-62)49-51-69(71)70-52-50-68(54-72(70)73)77(63-37-21-7-22-38-63)64-39-23-8-24-40-64/h1-54H. The van der Waals surface area contributed by atoms with Gasteiger partial charge in [-0.25, -0.2) is 0 Å². The van der Waals surface area contributed by atoms with E-state index >= 15 is 0 Å². The molecule has 0 saturated carbocycles. The minimum Gasteiger partial charge on any atom is -0.311 e. The van der Waals surface area contributed by atoms with Gasteiger partial charge in [0, 0.05) is 68.2 Å². The summed E-state index contributed by atoms with van der Waals surface area (Å²) < 4.78 is 0. The fraction of sp³-hybridized carbons (Fsp3) is 0.0137. The highest BCUT2D eigenvalue weighted by molar-refractivity contribution is 5.92. The smallest absolute Gasteiger partial charge is 0.0715 e.